The van der Waals surface area contributed by atoms with Crippen molar-refractivity contribution < 1.29 is 22.8 Å². The molecule has 0 saturated carbocycles. The van der Waals surface area contributed by atoms with Crippen LogP contribution in [0.1, 0.15) is 36.5 Å². The fourth-order valence-corrected chi connectivity index (χ4v) is 3.48. The van der Waals surface area contributed by atoms with Crippen LogP contribution in [0.5, 0.6) is 0 Å². The lowest BCUT2D eigenvalue weighted by Crippen LogP contribution is -2.43. The molecule has 0 aromatic heterocycles. The number of carbonyl (C=O) groups excluding carboxylic acids is 2. The van der Waals surface area contributed by atoms with Gasteiger partial charge in [0.2, 0.25) is 0 Å². The van der Waals surface area contributed by atoms with Gasteiger partial charge in [-0.15, -0.1) is 0 Å². The molecule has 1 saturated heterocycles. The summed E-state index contributed by atoms with van der Waals surface area (Å²) in [5.74, 6) is -0.530. The molecule has 0 spiro atoms. The number of imide groups is 1. The van der Waals surface area contributed by atoms with E-state index in [9.17, 15) is 22.8 Å². The van der Waals surface area contributed by atoms with E-state index in [1.54, 1.807) is 30.3 Å². The summed E-state index contributed by atoms with van der Waals surface area (Å²) in [5.41, 5.74) is -1.59. The number of hydrogen-bond donors (Lipinski definition) is 1. The highest BCUT2D eigenvalue weighted by atomic mass is 19.4. The number of amides is 3. The molecule has 1 fully saturated rings. The summed E-state index contributed by atoms with van der Waals surface area (Å²) in [6, 6.07) is 13.1. The molecule has 3 rings (SSSR count). The van der Waals surface area contributed by atoms with E-state index in [0.29, 0.717) is 18.4 Å². The first-order chi connectivity index (χ1) is 12.8. The molecular weight excluding hydrogens is 357 g/mol. The van der Waals surface area contributed by atoms with Crippen LogP contribution < -0.4 is 5.32 Å². The Morgan fingerprint density at radius 2 is 1.63 bits per heavy atom. The van der Waals surface area contributed by atoms with Gasteiger partial charge < -0.3 is 5.32 Å². The highest BCUT2D eigenvalue weighted by Crippen LogP contribution is 2.36. The van der Waals surface area contributed by atoms with Gasteiger partial charge in [0.15, 0.2) is 0 Å². The highest BCUT2D eigenvalue weighted by molar-refractivity contribution is 6.07. The van der Waals surface area contributed by atoms with Crippen LogP contribution in [-0.2, 0) is 23.1 Å². The van der Waals surface area contributed by atoms with Crippen molar-refractivity contribution in [3.8, 4) is 0 Å². The molecule has 1 heterocycles. The zero-order valence-electron chi connectivity index (χ0n) is 14.7. The SMILES string of the molecule is CCC[C@@]1(c2ccccc2)NC(=O)N(Cc2ccccc2C(F)(F)F)C1=O. The number of hydrogen-bond acceptors (Lipinski definition) is 2. The van der Waals surface area contributed by atoms with E-state index in [0.717, 1.165) is 11.0 Å². The molecule has 2 aromatic carbocycles. The normalized spacial score (nSPS) is 20.1. The number of rotatable bonds is 5. The molecule has 2 aromatic rings. The number of benzene rings is 2. The second-order valence-corrected chi connectivity index (χ2v) is 6.50. The molecule has 1 N–H and O–H groups in total. The Morgan fingerprint density at radius 1 is 1.00 bits per heavy atom. The van der Waals surface area contributed by atoms with Gasteiger partial charge in [-0.3, -0.25) is 9.69 Å². The van der Waals surface area contributed by atoms with E-state index in [2.05, 4.69) is 5.32 Å². The van der Waals surface area contributed by atoms with E-state index in [1.807, 2.05) is 6.92 Å². The molecule has 0 aliphatic carbocycles. The van der Waals surface area contributed by atoms with Gasteiger partial charge in [-0.25, -0.2) is 4.79 Å². The van der Waals surface area contributed by atoms with Gasteiger partial charge in [0, 0.05) is 0 Å². The summed E-state index contributed by atoms with van der Waals surface area (Å²) in [6.45, 7) is 1.45. The molecule has 1 aliphatic rings. The molecule has 4 nitrogen and oxygen atoms in total. The molecule has 1 aliphatic heterocycles. The second-order valence-electron chi connectivity index (χ2n) is 6.50. The van der Waals surface area contributed by atoms with Gasteiger partial charge in [-0.05, 0) is 23.6 Å². The van der Waals surface area contributed by atoms with Crippen molar-refractivity contribution in [3.63, 3.8) is 0 Å². The first kappa shape index (κ1) is 18.9. The van der Waals surface area contributed by atoms with Crippen LogP contribution >= 0.6 is 0 Å². The number of halogens is 3. The average molecular weight is 376 g/mol. The van der Waals surface area contributed by atoms with E-state index in [-0.39, 0.29) is 5.56 Å². The van der Waals surface area contributed by atoms with Gasteiger partial charge in [-0.2, -0.15) is 13.2 Å². The first-order valence-corrected chi connectivity index (χ1v) is 8.64. The van der Waals surface area contributed by atoms with Crippen LogP contribution in [0.2, 0.25) is 0 Å². The molecule has 142 valence electrons. The van der Waals surface area contributed by atoms with Crippen molar-refractivity contribution in [3.05, 3.63) is 71.3 Å². The third-order valence-corrected chi connectivity index (χ3v) is 4.72. The molecule has 3 amide bonds. The predicted octanol–water partition coefficient (Wildman–Crippen LogP) is 4.45. The Morgan fingerprint density at radius 3 is 2.26 bits per heavy atom. The van der Waals surface area contributed by atoms with Crippen LogP contribution in [-0.4, -0.2) is 16.8 Å². The smallest absolute Gasteiger partial charge is 0.319 e. The largest absolute Gasteiger partial charge is 0.416 e. The van der Waals surface area contributed by atoms with Gasteiger partial charge >= 0.3 is 12.2 Å². The highest BCUT2D eigenvalue weighted by Gasteiger charge is 2.52. The summed E-state index contributed by atoms with van der Waals surface area (Å²) in [6.07, 6.45) is -3.58. The summed E-state index contributed by atoms with van der Waals surface area (Å²) in [4.78, 5) is 26.5. The minimum absolute atomic E-state index is 0.117. The Hall–Kier alpha value is -2.83. The summed E-state index contributed by atoms with van der Waals surface area (Å²) in [7, 11) is 0. The maximum Gasteiger partial charge on any atom is 0.416 e. The Balaban J connectivity index is 1.98. The Labute approximate surface area is 155 Å². The van der Waals surface area contributed by atoms with Gasteiger partial charge in [0.1, 0.15) is 5.54 Å². The Kier molecular flexibility index (Phi) is 4.95. The van der Waals surface area contributed by atoms with Crippen molar-refractivity contribution in [1.82, 2.24) is 10.2 Å². The summed E-state index contributed by atoms with van der Waals surface area (Å²) >= 11 is 0. The first-order valence-electron chi connectivity index (χ1n) is 8.64. The molecule has 0 bridgehead atoms. The number of alkyl halides is 3. The fourth-order valence-electron chi connectivity index (χ4n) is 3.48. The van der Waals surface area contributed by atoms with Crippen molar-refractivity contribution in [2.45, 2.75) is 38.0 Å². The maximum atomic E-state index is 13.3. The molecule has 0 radical (unpaired) electrons. The number of nitrogens with one attached hydrogen (secondary N) is 1. The molecule has 1 atom stereocenters. The van der Waals surface area contributed by atoms with E-state index in [4.69, 9.17) is 0 Å². The number of urea groups is 1. The monoisotopic (exact) mass is 376 g/mol. The van der Waals surface area contributed by atoms with Crippen LogP contribution in [0.3, 0.4) is 0 Å². The summed E-state index contributed by atoms with van der Waals surface area (Å²) < 4.78 is 39.8. The van der Waals surface area contributed by atoms with Crippen molar-refractivity contribution in [2.24, 2.45) is 0 Å². The maximum absolute atomic E-state index is 13.3. The van der Waals surface area contributed by atoms with Crippen LogP contribution in [0, 0.1) is 0 Å². The third kappa shape index (κ3) is 3.41. The van der Waals surface area contributed by atoms with Crippen LogP contribution in [0.25, 0.3) is 0 Å². The van der Waals surface area contributed by atoms with Gasteiger partial charge in [0.25, 0.3) is 5.91 Å². The lowest BCUT2D eigenvalue weighted by Gasteiger charge is -2.27. The van der Waals surface area contributed by atoms with Crippen molar-refractivity contribution in [2.75, 3.05) is 0 Å². The number of carbonyl (C=O) groups is 2. The molecular formula is C20H19F3N2O2. The van der Waals surface area contributed by atoms with Crippen LogP contribution in [0.15, 0.2) is 54.6 Å². The predicted molar refractivity (Wildman–Crippen MR) is 93.6 cm³/mol. The zero-order valence-corrected chi connectivity index (χ0v) is 14.7. The van der Waals surface area contributed by atoms with E-state index < -0.39 is 35.8 Å². The quantitative estimate of drug-likeness (QED) is 0.784. The topological polar surface area (TPSA) is 49.4 Å². The van der Waals surface area contributed by atoms with Crippen molar-refractivity contribution in [1.29, 1.82) is 0 Å². The average Bonchev–Trinajstić information content (AvgIpc) is 2.87. The Bertz CT molecular complexity index is 852. The lowest BCUT2D eigenvalue weighted by molar-refractivity contribution is -0.139. The molecule has 0 unspecified atom stereocenters. The van der Waals surface area contributed by atoms with Crippen LogP contribution in [0.4, 0.5) is 18.0 Å². The molecule has 27 heavy (non-hydrogen) atoms. The second kappa shape index (κ2) is 7.06. The zero-order chi connectivity index (χ0) is 19.7. The lowest BCUT2D eigenvalue weighted by atomic mass is 9.85. The summed E-state index contributed by atoms with van der Waals surface area (Å²) in [5, 5.41) is 2.72. The van der Waals surface area contributed by atoms with E-state index in [1.165, 1.54) is 18.2 Å². The fraction of sp³-hybridized carbons (Fsp3) is 0.300. The standard InChI is InChI=1S/C20H19F3N2O2/c1-2-12-19(15-9-4-3-5-10-15)17(26)25(18(27)24-19)13-14-8-6-7-11-16(14)20(21,22)23/h3-11H,2,12-13H2,1H3,(H,24,27)/t19-/m0/s1. The number of nitrogens with zero attached hydrogens (tertiary/aromatic N) is 1. The molecule has 7 heteroatoms. The van der Waals surface area contributed by atoms with Gasteiger partial charge in [-0.1, -0.05) is 61.9 Å². The van der Waals surface area contributed by atoms with E-state index >= 15 is 0 Å². The minimum atomic E-state index is -4.56. The van der Waals surface area contributed by atoms with Gasteiger partial charge in [0.05, 0.1) is 12.1 Å². The minimum Gasteiger partial charge on any atom is -0.319 e. The third-order valence-electron chi connectivity index (χ3n) is 4.72. The van der Waals surface area contributed by atoms with Crippen molar-refractivity contribution >= 4 is 11.9 Å².